The van der Waals surface area contributed by atoms with Gasteiger partial charge in [0.05, 0.1) is 0 Å². The van der Waals surface area contributed by atoms with Crippen molar-refractivity contribution in [3.05, 3.63) is 65.7 Å². The number of hydrogen-bond acceptors (Lipinski definition) is 1. The molecule has 0 saturated carbocycles. The number of carbonyl (C=O) groups is 1. The molecule has 3 aromatic carbocycles. The molecule has 0 aromatic heterocycles. The molecule has 1 nitrogen and oxygen atoms in total. The first-order valence-corrected chi connectivity index (χ1v) is 6.49. The Morgan fingerprint density at radius 3 is 2.58 bits per heavy atom. The Balaban J connectivity index is 2.22. The van der Waals surface area contributed by atoms with E-state index in [1.165, 1.54) is 16.2 Å². The summed E-state index contributed by atoms with van der Waals surface area (Å²) in [4.78, 5) is 12.2. The highest BCUT2D eigenvalue weighted by Crippen LogP contribution is 2.32. The van der Waals surface area contributed by atoms with Crippen LogP contribution in [0.25, 0.3) is 27.6 Å². The van der Waals surface area contributed by atoms with Crippen LogP contribution in [0.3, 0.4) is 0 Å². The number of hydrogen-bond donors (Lipinski definition) is 0. The molecule has 0 aliphatic heterocycles. The van der Waals surface area contributed by atoms with Crippen molar-refractivity contribution in [2.75, 3.05) is 0 Å². The predicted octanol–water partition coefficient (Wildman–Crippen LogP) is 4.59. The zero-order chi connectivity index (χ0) is 12.8. The predicted molar refractivity (Wildman–Crippen MR) is 79.4 cm³/mol. The van der Waals surface area contributed by atoms with E-state index in [1.807, 2.05) is 24.3 Å². The monoisotopic (exact) mass is 244 g/mol. The Morgan fingerprint density at radius 2 is 1.63 bits per heavy atom. The van der Waals surface area contributed by atoms with E-state index in [9.17, 15) is 4.79 Å². The van der Waals surface area contributed by atoms with Gasteiger partial charge in [0.15, 0.2) is 5.78 Å². The van der Waals surface area contributed by atoms with Crippen molar-refractivity contribution in [3.63, 3.8) is 0 Å². The first-order chi connectivity index (χ1) is 9.34. The maximum absolute atomic E-state index is 12.2. The number of fused-ring (bicyclic) bond motifs is 5. The molecule has 0 radical (unpaired) electrons. The fraction of sp³-hybridized carbons (Fsp3) is 0.0556. The van der Waals surface area contributed by atoms with Gasteiger partial charge in [-0.3, -0.25) is 4.79 Å². The molecule has 1 aliphatic rings. The molecule has 1 aliphatic carbocycles. The number of Topliss-reactive ketones (excluding diaryl/α,β-unsaturated/α-hetero) is 1. The molecule has 3 aromatic rings. The van der Waals surface area contributed by atoms with Crippen molar-refractivity contribution in [1.29, 1.82) is 0 Å². The summed E-state index contributed by atoms with van der Waals surface area (Å²) in [5.41, 5.74) is 1.92. The number of rotatable bonds is 0. The highest BCUT2D eigenvalue weighted by Gasteiger charge is 2.16. The Labute approximate surface area is 111 Å². The van der Waals surface area contributed by atoms with Crippen molar-refractivity contribution < 1.29 is 4.79 Å². The van der Waals surface area contributed by atoms with Crippen molar-refractivity contribution >= 4 is 33.4 Å². The highest BCUT2D eigenvalue weighted by molar-refractivity contribution is 6.18. The average molecular weight is 244 g/mol. The van der Waals surface area contributed by atoms with Gasteiger partial charge >= 0.3 is 0 Å². The highest BCUT2D eigenvalue weighted by atomic mass is 16.1. The fourth-order valence-electron chi connectivity index (χ4n) is 2.95. The zero-order valence-electron chi connectivity index (χ0n) is 10.4. The smallest absolute Gasteiger partial charge is 0.167 e. The Hall–Kier alpha value is -2.41. The summed E-state index contributed by atoms with van der Waals surface area (Å²) in [5.74, 6) is 0.221. The molecular weight excluding hydrogens is 232 g/mol. The summed E-state index contributed by atoms with van der Waals surface area (Å²) >= 11 is 0. The molecule has 90 valence electrons. The van der Waals surface area contributed by atoms with Gasteiger partial charge in [0.25, 0.3) is 0 Å². The molecule has 0 heterocycles. The van der Waals surface area contributed by atoms with Crippen molar-refractivity contribution in [2.45, 2.75) is 6.42 Å². The quantitative estimate of drug-likeness (QED) is 0.528. The van der Waals surface area contributed by atoms with Crippen LogP contribution in [0.15, 0.2) is 54.6 Å². The van der Waals surface area contributed by atoms with E-state index >= 15 is 0 Å². The molecule has 19 heavy (non-hydrogen) atoms. The minimum atomic E-state index is 0.221. The van der Waals surface area contributed by atoms with E-state index in [0.29, 0.717) is 6.42 Å². The molecule has 0 unspecified atom stereocenters. The second-order valence-electron chi connectivity index (χ2n) is 4.94. The summed E-state index contributed by atoms with van der Waals surface area (Å²) in [6, 6.07) is 16.7. The van der Waals surface area contributed by atoms with Gasteiger partial charge in [-0.25, -0.2) is 0 Å². The Kier molecular flexibility index (Phi) is 2.10. The lowest BCUT2D eigenvalue weighted by atomic mass is 9.89. The van der Waals surface area contributed by atoms with Crippen molar-refractivity contribution in [1.82, 2.24) is 0 Å². The molecule has 0 saturated heterocycles. The minimum Gasteiger partial charge on any atom is -0.294 e. The third kappa shape index (κ3) is 1.45. The number of carbonyl (C=O) groups excluding carboxylic acids is 1. The van der Waals surface area contributed by atoms with Crippen LogP contribution in [0.5, 0.6) is 0 Å². The molecular formula is C18H12O. The maximum atomic E-state index is 12.2. The first kappa shape index (κ1) is 10.5. The van der Waals surface area contributed by atoms with Gasteiger partial charge in [-0.05, 0) is 27.1 Å². The molecule has 4 rings (SSSR count). The third-order valence-corrected chi connectivity index (χ3v) is 3.84. The normalized spacial score (nSPS) is 14.0. The van der Waals surface area contributed by atoms with Crippen molar-refractivity contribution in [3.8, 4) is 0 Å². The minimum absolute atomic E-state index is 0.221. The Bertz CT molecular complexity index is 856. The lowest BCUT2D eigenvalue weighted by Crippen LogP contribution is -2.05. The van der Waals surface area contributed by atoms with E-state index in [-0.39, 0.29) is 5.78 Å². The number of allylic oxidation sites excluding steroid dienone is 1. The van der Waals surface area contributed by atoms with Crippen LogP contribution >= 0.6 is 0 Å². The number of benzene rings is 3. The zero-order valence-corrected chi connectivity index (χ0v) is 10.4. The van der Waals surface area contributed by atoms with Gasteiger partial charge in [0.1, 0.15) is 0 Å². The van der Waals surface area contributed by atoms with Crippen LogP contribution in [0.4, 0.5) is 0 Å². The molecule has 0 N–H and O–H groups in total. The van der Waals surface area contributed by atoms with E-state index < -0.39 is 0 Å². The second-order valence-corrected chi connectivity index (χ2v) is 4.94. The van der Waals surface area contributed by atoms with Gasteiger partial charge in [-0.2, -0.15) is 0 Å². The molecule has 0 fully saturated rings. The van der Waals surface area contributed by atoms with Crippen LogP contribution in [-0.2, 0) is 0 Å². The molecule has 0 spiro atoms. The van der Waals surface area contributed by atoms with Gasteiger partial charge in [-0.15, -0.1) is 0 Å². The molecule has 0 bridgehead atoms. The maximum Gasteiger partial charge on any atom is 0.167 e. The second kappa shape index (κ2) is 3.79. The summed E-state index contributed by atoms with van der Waals surface area (Å²) < 4.78 is 0. The van der Waals surface area contributed by atoms with Crippen LogP contribution in [-0.4, -0.2) is 5.78 Å². The lowest BCUT2D eigenvalue weighted by Gasteiger charge is -2.14. The van der Waals surface area contributed by atoms with E-state index in [4.69, 9.17) is 0 Å². The molecule has 0 amide bonds. The van der Waals surface area contributed by atoms with Gasteiger partial charge in [0.2, 0.25) is 0 Å². The molecule has 1 heteroatoms. The number of ketones is 1. The van der Waals surface area contributed by atoms with Crippen LogP contribution < -0.4 is 0 Å². The van der Waals surface area contributed by atoms with E-state index in [0.717, 1.165) is 16.5 Å². The molecule has 0 atom stereocenters. The van der Waals surface area contributed by atoms with Crippen LogP contribution in [0.1, 0.15) is 22.3 Å². The van der Waals surface area contributed by atoms with Gasteiger partial charge in [0, 0.05) is 12.0 Å². The topological polar surface area (TPSA) is 17.1 Å². The van der Waals surface area contributed by atoms with E-state index in [1.54, 1.807) is 0 Å². The van der Waals surface area contributed by atoms with Gasteiger partial charge in [-0.1, -0.05) is 60.7 Å². The SMILES string of the molecule is O=C1CC=Cc2ccc3c(ccc4ccccc43)c21. The summed E-state index contributed by atoms with van der Waals surface area (Å²) in [7, 11) is 0. The fourth-order valence-corrected chi connectivity index (χ4v) is 2.95. The van der Waals surface area contributed by atoms with Crippen LogP contribution in [0, 0.1) is 0 Å². The summed E-state index contributed by atoms with van der Waals surface area (Å²) in [6.45, 7) is 0. The standard InChI is InChI=1S/C18H12O/c19-17-7-3-5-13-9-10-15-14-6-2-1-4-12(14)8-11-16(15)18(13)17/h1-6,8-11H,7H2. The average Bonchev–Trinajstić information content (AvgIpc) is 2.46. The van der Waals surface area contributed by atoms with Gasteiger partial charge < -0.3 is 0 Å². The third-order valence-electron chi connectivity index (χ3n) is 3.84. The van der Waals surface area contributed by atoms with Crippen molar-refractivity contribution in [2.24, 2.45) is 0 Å². The largest absolute Gasteiger partial charge is 0.294 e. The van der Waals surface area contributed by atoms with Crippen LogP contribution in [0.2, 0.25) is 0 Å². The lowest BCUT2D eigenvalue weighted by molar-refractivity contribution is 0.0996. The first-order valence-electron chi connectivity index (χ1n) is 6.49. The summed E-state index contributed by atoms with van der Waals surface area (Å²) in [5, 5.41) is 4.67. The Morgan fingerprint density at radius 1 is 0.789 bits per heavy atom. The van der Waals surface area contributed by atoms with E-state index in [2.05, 4.69) is 36.4 Å². The summed E-state index contributed by atoms with van der Waals surface area (Å²) in [6.07, 6.45) is 4.50.